The normalized spacial score (nSPS) is 31.4. The van der Waals surface area contributed by atoms with Crippen LogP contribution in [0, 0.1) is 34.9 Å². The third kappa shape index (κ3) is 2.06. The Bertz CT molecular complexity index is 1070. The van der Waals surface area contributed by atoms with Crippen LogP contribution in [-0.2, 0) is 11.2 Å². The zero-order chi connectivity index (χ0) is 19.0. The van der Waals surface area contributed by atoms with E-state index < -0.39 is 5.82 Å². The van der Waals surface area contributed by atoms with Crippen molar-refractivity contribution in [1.29, 1.82) is 5.26 Å². The lowest BCUT2D eigenvalue weighted by atomic mass is 9.67. The second-order valence-corrected chi connectivity index (χ2v) is 8.69. The van der Waals surface area contributed by atoms with Gasteiger partial charge < -0.3 is 10.6 Å². The van der Waals surface area contributed by atoms with E-state index >= 15 is 0 Å². The standard InChI is InChI=1S/C23H20FN3O/c24-16-4-3-13(8-14(16)10-25)23-21-12-2-1-11(7-12)20(21)22-15-9-19(28)26-17(15)5-6-18(22)27-23/h3-6,8,11-12,20-21,23,27H,1-2,7,9H2,(H,26,28)/t11-,12+,20+,21-,23+/m0/s1. The van der Waals surface area contributed by atoms with Crippen LogP contribution >= 0.6 is 0 Å². The largest absolute Gasteiger partial charge is 0.378 e. The number of nitrogens with zero attached hydrogens (tertiary/aromatic N) is 1. The monoisotopic (exact) mass is 373 g/mol. The van der Waals surface area contributed by atoms with Crippen molar-refractivity contribution in [2.45, 2.75) is 37.6 Å². The predicted molar refractivity (Wildman–Crippen MR) is 103 cm³/mol. The number of halogens is 1. The maximum Gasteiger partial charge on any atom is 0.228 e. The van der Waals surface area contributed by atoms with Gasteiger partial charge in [0.2, 0.25) is 5.91 Å². The number of carbonyl (C=O) groups excluding carboxylic acids is 1. The summed E-state index contributed by atoms with van der Waals surface area (Å²) in [4.78, 5) is 12.0. The molecule has 4 nitrogen and oxygen atoms in total. The van der Waals surface area contributed by atoms with E-state index in [1.807, 2.05) is 18.2 Å². The maximum atomic E-state index is 13.9. The first-order valence-corrected chi connectivity index (χ1v) is 10.1. The first-order valence-electron chi connectivity index (χ1n) is 10.1. The maximum absolute atomic E-state index is 13.9. The molecule has 0 saturated heterocycles. The van der Waals surface area contributed by atoms with E-state index in [1.54, 1.807) is 6.07 Å². The zero-order valence-electron chi connectivity index (χ0n) is 15.3. The van der Waals surface area contributed by atoms with Crippen LogP contribution in [0.1, 0.15) is 53.5 Å². The van der Waals surface area contributed by atoms with E-state index in [-0.39, 0.29) is 17.5 Å². The summed E-state index contributed by atoms with van der Waals surface area (Å²) in [6, 6.07) is 11.1. The SMILES string of the molecule is N#Cc1cc([C@H]2Nc3ccc4c(c3[C@@H]3[C@H]5CC[C@H](C5)[C@@H]32)CC(=O)N4)ccc1F. The van der Waals surface area contributed by atoms with Gasteiger partial charge in [-0.05, 0) is 83.9 Å². The molecule has 2 aromatic carbocycles. The Kier molecular flexibility index (Phi) is 3.21. The summed E-state index contributed by atoms with van der Waals surface area (Å²) in [6.45, 7) is 0. The molecule has 2 N–H and O–H groups in total. The summed E-state index contributed by atoms with van der Waals surface area (Å²) in [6.07, 6.45) is 4.17. The van der Waals surface area contributed by atoms with Crippen molar-refractivity contribution in [2.24, 2.45) is 17.8 Å². The van der Waals surface area contributed by atoms with Crippen molar-refractivity contribution in [2.75, 3.05) is 10.6 Å². The Morgan fingerprint density at radius 2 is 1.93 bits per heavy atom. The minimum atomic E-state index is -0.464. The lowest BCUT2D eigenvalue weighted by Crippen LogP contribution is -2.36. The molecule has 2 bridgehead atoms. The molecule has 2 aliphatic heterocycles. The van der Waals surface area contributed by atoms with Crippen LogP contribution in [0.4, 0.5) is 15.8 Å². The molecule has 0 radical (unpaired) electrons. The molecule has 2 saturated carbocycles. The highest BCUT2D eigenvalue weighted by Crippen LogP contribution is 2.64. The van der Waals surface area contributed by atoms with Crippen LogP contribution in [0.25, 0.3) is 0 Å². The molecule has 28 heavy (non-hydrogen) atoms. The molecule has 2 aromatic rings. The Morgan fingerprint density at radius 3 is 2.79 bits per heavy atom. The van der Waals surface area contributed by atoms with Crippen LogP contribution in [0.3, 0.4) is 0 Å². The van der Waals surface area contributed by atoms with Crippen molar-refractivity contribution >= 4 is 17.3 Å². The molecule has 2 aliphatic carbocycles. The molecular weight excluding hydrogens is 353 g/mol. The molecule has 4 aliphatic rings. The molecule has 5 heteroatoms. The van der Waals surface area contributed by atoms with Gasteiger partial charge in [-0.3, -0.25) is 4.79 Å². The van der Waals surface area contributed by atoms with E-state index in [0.29, 0.717) is 30.1 Å². The average Bonchev–Trinajstić information content (AvgIpc) is 3.41. The Labute approximate surface area is 162 Å². The quantitative estimate of drug-likeness (QED) is 0.774. The fourth-order valence-corrected chi connectivity index (χ4v) is 6.47. The van der Waals surface area contributed by atoms with Crippen LogP contribution < -0.4 is 10.6 Å². The van der Waals surface area contributed by atoms with Crippen molar-refractivity contribution in [3.63, 3.8) is 0 Å². The number of rotatable bonds is 1. The minimum absolute atomic E-state index is 0.0717. The van der Waals surface area contributed by atoms with E-state index in [9.17, 15) is 14.4 Å². The van der Waals surface area contributed by atoms with Crippen molar-refractivity contribution in [3.05, 3.63) is 58.4 Å². The Hall–Kier alpha value is -2.87. The number of hydrogen-bond acceptors (Lipinski definition) is 3. The summed E-state index contributed by atoms with van der Waals surface area (Å²) in [5.41, 5.74) is 5.63. The fraction of sp³-hybridized carbons (Fsp3) is 0.391. The second-order valence-electron chi connectivity index (χ2n) is 8.69. The number of nitriles is 1. The van der Waals surface area contributed by atoms with Crippen molar-refractivity contribution < 1.29 is 9.18 Å². The van der Waals surface area contributed by atoms with E-state index in [1.165, 1.54) is 30.9 Å². The first-order chi connectivity index (χ1) is 13.6. The number of anilines is 2. The third-order valence-electron chi connectivity index (χ3n) is 7.45. The Morgan fingerprint density at radius 1 is 1.11 bits per heavy atom. The summed E-state index contributed by atoms with van der Waals surface area (Å²) in [5.74, 6) is 1.74. The number of nitrogens with one attached hydrogen (secondary N) is 2. The van der Waals surface area contributed by atoms with Gasteiger partial charge in [-0.2, -0.15) is 5.26 Å². The molecule has 0 spiro atoms. The lowest BCUT2D eigenvalue weighted by Gasteiger charge is -2.44. The van der Waals surface area contributed by atoms with Gasteiger partial charge in [-0.25, -0.2) is 4.39 Å². The summed E-state index contributed by atoms with van der Waals surface area (Å²) in [5, 5.41) is 16.0. The number of fused-ring (bicyclic) bond motifs is 9. The van der Waals surface area contributed by atoms with Crippen LogP contribution in [0.2, 0.25) is 0 Å². The molecule has 6 rings (SSSR count). The van der Waals surface area contributed by atoms with Crippen molar-refractivity contribution in [1.82, 2.24) is 0 Å². The van der Waals surface area contributed by atoms with Crippen molar-refractivity contribution in [3.8, 4) is 6.07 Å². The van der Waals surface area contributed by atoms with Gasteiger partial charge in [-0.1, -0.05) is 6.07 Å². The molecular formula is C23H20FN3O. The molecule has 5 atom stereocenters. The number of benzene rings is 2. The van der Waals surface area contributed by atoms with E-state index in [4.69, 9.17) is 0 Å². The summed E-state index contributed by atoms with van der Waals surface area (Å²) in [7, 11) is 0. The van der Waals surface area contributed by atoms with Crippen LogP contribution in [0.15, 0.2) is 30.3 Å². The first kappa shape index (κ1) is 16.1. The van der Waals surface area contributed by atoms with E-state index in [0.717, 1.165) is 22.5 Å². The number of amides is 1. The van der Waals surface area contributed by atoms with Gasteiger partial charge in [0.15, 0.2) is 0 Å². The predicted octanol–water partition coefficient (Wildman–Crippen LogP) is 4.49. The second kappa shape index (κ2) is 5.57. The topological polar surface area (TPSA) is 64.9 Å². The van der Waals surface area contributed by atoms with Crippen LogP contribution in [-0.4, -0.2) is 5.91 Å². The molecule has 0 unspecified atom stereocenters. The molecule has 140 valence electrons. The van der Waals surface area contributed by atoms with E-state index in [2.05, 4.69) is 16.7 Å². The summed E-state index contributed by atoms with van der Waals surface area (Å²) < 4.78 is 13.9. The molecule has 2 heterocycles. The summed E-state index contributed by atoms with van der Waals surface area (Å²) >= 11 is 0. The fourth-order valence-electron chi connectivity index (χ4n) is 6.47. The average molecular weight is 373 g/mol. The van der Waals surface area contributed by atoms with Gasteiger partial charge in [-0.15, -0.1) is 0 Å². The van der Waals surface area contributed by atoms with Gasteiger partial charge >= 0.3 is 0 Å². The van der Waals surface area contributed by atoms with Gasteiger partial charge in [0, 0.05) is 11.4 Å². The van der Waals surface area contributed by atoms with Gasteiger partial charge in [0.05, 0.1) is 18.0 Å². The van der Waals surface area contributed by atoms with Gasteiger partial charge in [0.25, 0.3) is 0 Å². The highest BCUT2D eigenvalue weighted by atomic mass is 19.1. The lowest BCUT2D eigenvalue weighted by molar-refractivity contribution is -0.115. The zero-order valence-corrected chi connectivity index (χ0v) is 15.3. The third-order valence-corrected chi connectivity index (χ3v) is 7.45. The number of hydrogen-bond donors (Lipinski definition) is 2. The smallest absolute Gasteiger partial charge is 0.228 e. The van der Waals surface area contributed by atoms with Crippen LogP contribution in [0.5, 0.6) is 0 Å². The number of carbonyl (C=O) groups is 1. The molecule has 1 amide bonds. The molecule has 0 aromatic heterocycles. The highest BCUT2D eigenvalue weighted by Gasteiger charge is 2.54. The highest BCUT2D eigenvalue weighted by molar-refractivity contribution is 6.00. The van der Waals surface area contributed by atoms with Gasteiger partial charge in [0.1, 0.15) is 11.9 Å². The minimum Gasteiger partial charge on any atom is -0.378 e. The molecule has 2 fully saturated rings. The Balaban J connectivity index is 1.51.